The fourth-order valence-electron chi connectivity index (χ4n) is 4.10. The van der Waals surface area contributed by atoms with Crippen molar-refractivity contribution in [2.45, 2.75) is 39.2 Å². The maximum absolute atomic E-state index is 13.4. The predicted octanol–water partition coefficient (Wildman–Crippen LogP) is 2.27. The SMILES string of the molecule is CC1(C)C(=O)N[C@@H]1C1CCN(C(=O)Cc2noc3ccc(F)cc23)CC1. The molecule has 1 atom stereocenters. The summed E-state index contributed by atoms with van der Waals surface area (Å²) in [5.74, 6) is 0.0973. The van der Waals surface area contributed by atoms with E-state index >= 15 is 0 Å². The highest BCUT2D eigenvalue weighted by atomic mass is 19.1. The van der Waals surface area contributed by atoms with Crippen molar-refractivity contribution in [3.63, 3.8) is 0 Å². The second kappa shape index (κ2) is 6.07. The van der Waals surface area contributed by atoms with Crippen LogP contribution < -0.4 is 5.32 Å². The Hall–Kier alpha value is -2.44. The summed E-state index contributed by atoms with van der Waals surface area (Å²) < 4.78 is 18.6. The molecule has 7 heteroatoms. The van der Waals surface area contributed by atoms with Gasteiger partial charge in [0.05, 0.1) is 11.8 Å². The number of likely N-dealkylation sites (tertiary alicyclic amines) is 1. The molecule has 2 aliphatic heterocycles. The molecule has 2 fully saturated rings. The van der Waals surface area contributed by atoms with Crippen LogP contribution in [0.4, 0.5) is 4.39 Å². The first kappa shape index (κ1) is 17.0. The topological polar surface area (TPSA) is 75.4 Å². The summed E-state index contributed by atoms with van der Waals surface area (Å²) in [4.78, 5) is 26.1. The van der Waals surface area contributed by atoms with Crippen LogP contribution in [0.1, 0.15) is 32.4 Å². The number of hydrogen-bond donors (Lipinski definition) is 1. The molecule has 0 unspecified atom stereocenters. The Labute approximate surface area is 150 Å². The Balaban J connectivity index is 1.38. The molecule has 0 aliphatic carbocycles. The molecule has 0 saturated carbocycles. The Morgan fingerprint density at radius 3 is 2.77 bits per heavy atom. The van der Waals surface area contributed by atoms with Gasteiger partial charge in [0.1, 0.15) is 11.5 Å². The number of nitrogens with zero attached hydrogens (tertiary/aromatic N) is 2. The van der Waals surface area contributed by atoms with Gasteiger partial charge in [-0.25, -0.2) is 4.39 Å². The Bertz CT molecular complexity index is 868. The van der Waals surface area contributed by atoms with Crippen molar-refractivity contribution < 1.29 is 18.5 Å². The largest absolute Gasteiger partial charge is 0.356 e. The summed E-state index contributed by atoms with van der Waals surface area (Å²) in [7, 11) is 0. The molecule has 1 aromatic heterocycles. The first-order valence-electron chi connectivity index (χ1n) is 8.99. The van der Waals surface area contributed by atoms with Gasteiger partial charge in [-0.1, -0.05) is 5.16 Å². The van der Waals surface area contributed by atoms with E-state index in [4.69, 9.17) is 4.52 Å². The molecular formula is C19H22FN3O3. The van der Waals surface area contributed by atoms with E-state index in [0.29, 0.717) is 35.7 Å². The van der Waals surface area contributed by atoms with Crippen molar-refractivity contribution in [1.29, 1.82) is 0 Å². The number of aromatic nitrogens is 1. The fourth-order valence-corrected chi connectivity index (χ4v) is 4.10. The number of nitrogens with one attached hydrogen (secondary N) is 1. The normalized spacial score (nSPS) is 23.0. The molecule has 0 bridgehead atoms. The Morgan fingerprint density at radius 1 is 1.38 bits per heavy atom. The van der Waals surface area contributed by atoms with Crippen molar-refractivity contribution in [3.8, 4) is 0 Å². The number of β-lactam (4-membered cyclic amide) rings is 1. The standard InChI is InChI=1S/C19H22FN3O3/c1-19(2)17(21-18(19)25)11-5-7-23(8-6-11)16(24)10-14-13-9-12(20)3-4-15(13)26-22-14/h3-4,9,11,17H,5-8,10H2,1-2H3,(H,21,25)/t17-/m1/s1. The van der Waals surface area contributed by atoms with Crippen LogP contribution in [0.15, 0.2) is 22.7 Å². The molecule has 2 saturated heterocycles. The summed E-state index contributed by atoms with van der Waals surface area (Å²) in [5.41, 5.74) is 0.635. The number of benzene rings is 1. The van der Waals surface area contributed by atoms with Crippen LogP contribution in [0.2, 0.25) is 0 Å². The van der Waals surface area contributed by atoms with Crippen LogP contribution in [0.5, 0.6) is 0 Å². The van der Waals surface area contributed by atoms with Crippen molar-refractivity contribution in [2.75, 3.05) is 13.1 Å². The zero-order valence-corrected chi connectivity index (χ0v) is 14.9. The fraction of sp³-hybridized carbons (Fsp3) is 0.526. The average molecular weight is 359 g/mol. The van der Waals surface area contributed by atoms with Gasteiger partial charge in [-0.2, -0.15) is 0 Å². The predicted molar refractivity (Wildman–Crippen MR) is 92.7 cm³/mol. The van der Waals surface area contributed by atoms with Crippen molar-refractivity contribution in [3.05, 3.63) is 29.7 Å². The highest BCUT2D eigenvalue weighted by Crippen LogP contribution is 2.38. The van der Waals surface area contributed by atoms with Gasteiger partial charge >= 0.3 is 0 Å². The molecule has 1 N–H and O–H groups in total. The molecule has 2 aliphatic rings. The third kappa shape index (κ3) is 2.75. The van der Waals surface area contributed by atoms with Gasteiger partial charge in [0.2, 0.25) is 11.8 Å². The van der Waals surface area contributed by atoms with Crippen LogP contribution in [-0.4, -0.2) is 41.0 Å². The van der Waals surface area contributed by atoms with Crippen LogP contribution in [0, 0.1) is 17.2 Å². The van der Waals surface area contributed by atoms with E-state index < -0.39 is 0 Å². The number of rotatable bonds is 3. The molecule has 0 spiro atoms. The lowest BCUT2D eigenvalue weighted by molar-refractivity contribution is -0.147. The first-order chi connectivity index (χ1) is 12.4. The molecule has 0 radical (unpaired) electrons. The minimum Gasteiger partial charge on any atom is -0.356 e. The van der Waals surface area contributed by atoms with Gasteiger partial charge in [-0.3, -0.25) is 9.59 Å². The number of hydrogen-bond acceptors (Lipinski definition) is 4. The second-order valence-electron chi connectivity index (χ2n) is 7.84. The molecule has 2 amide bonds. The number of piperidine rings is 1. The highest BCUT2D eigenvalue weighted by Gasteiger charge is 2.51. The lowest BCUT2D eigenvalue weighted by Crippen LogP contribution is -2.68. The Morgan fingerprint density at radius 2 is 2.12 bits per heavy atom. The number of carbonyl (C=O) groups is 2. The van der Waals surface area contributed by atoms with Crippen molar-refractivity contribution in [2.24, 2.45) is 11.3 Å². The number of halogens is 1. The van der Waals surface area contributed by atoms with E-state index in [0.717, 1.165) is 12.8 Å². The van der Waals surface area contributed by atoms with Crippen LogP contribution >= 0.6 is 0 Å². The third-order valence-corrected chi connectivity index (χ3v) is 5.84. The van der Waals surface area contributed by atoms with Gasteiger partial charge in [-0.15, -0.1) is 0 Å². The second-order valence-corrected chi connectivity index (χ2v) is 7.84. The van der Waals surface area contributed by atoms with E-state index in [1.807, 2.05) is 18.7 Å². The van der Waals surface area contributed by atoms with E-state index in [1.165, 1.54) is 18.2 Å². The molecule has 6 nitrogen and oxygen atoms in total. The lowest BCUT2D eigenvalue weighted by atomic mass is 9.68. The average Bonchev–Trinajstić information content (AvgIpc) is 3.01. The summed E-state index contributed by atoms with van der Waals surface area (Å²) in [5, 5.41) is 7.48. The van der Waals surface area contributed by atoms with Crippen LogP contribution in [0.25, 0.3) is 11.0 Å². The van der Waals surface area contributed by atoms with Crippen molar-refractivity contribution in [1.82, 2.24) is 15.4 Å². The van der Waals surface area contributed by atoms with E-state index in [2.05, 4.69) is 10.5 Å². The molecule has 26 heavy (non-hydrogen) atoms. The minimum absolute atomic E-state index is 0.0279. The van der Waals surface area contributed by atoms with Crippen molar-refractivity contribution >= 4 is 22.8 Å². The molecule has 1 aromatic carbocycles. The number of carbonyl (C=O) groups excluding carboxylic acids is 2. The smallest absolute Gasteiger partial charge is 0.228 e. The monoisotopic (exact) mass is 359 g/mol. The van der Waals surface area contributed by atoms with Gasteiger partial charge in [-0.05, 0) is 50.8 Å². The number of amides is 2. The zero-order chi connectivity index (χ0) is 18.5. The quantitative estimate of drug-likeness (QED) is 0.853. The van der Waals surface area contributed by atoms with Gasteiger partial charge in [0, 0.05) is 24.5 Å². The minimum atomic E-state index is -0.375. The maximum atomic E-state index is 13.4. The molecular weight excluding hydrogens is 337 g/mol. The van der Waals surface area contributed by atoms with E-state index in [9.17, 15) is 14.0 Å². The van der Waals surface area contributed by atoms with Gasteiger partial charge in [0.25, 0.3) is 0 Å². The first-order valence-corrected chi connectivity index (χ1v) is 8.99. The van der Waals surface area contributed by atoms with Gasteiger partial charge in [0.15, 0.2) is 5.58 Å². The number of fused-ring (bicyclic) bond motifs is 1. The lowest BCUT2D eigenvalue weighted by Gasteiger charge is -2.50. The van der Waals surface area contributed by atoms with Crippen LogP contribution in [-0.2, 0) is 16.0 Å². The summed E-state index contributed by atoms with van der Waals surface area (Å²) in [6, 6.07) is 4.37. The Kier molecular flexibility index (Phi) is 3.97. The molecule has 2 aromatic rings. The molecule has 3 heterocycles. The molecule has 4 rings (SSSR count). The summed E-state index contributed by atoms with van der Waals surface area (Å²) >= 11 is 0. The third-order valence-electron chi connectivity index (χ3n) is 5.84. The summed E-state index contributed by atoms with van der Waals surface area (Å²) in [6.07, 6.45) is 1.84. The summed E-state index contributed by atoms with van der Waals surface area (Å²) in [6.45, 7) is 5.28. The highest BCUT2D eigenvalue weighted by molar-refractivity contribution is 5.89. The van der Waals surface area contributed by atoms with E-state index in [-0.39, 0.29) is 35.5 Å². The van der Waals surface area contributed by atoms with E-state index in [1.54, 1.807) is 0 Å². The van der Waals surface area contributed by atoms with Gasteiger partial charge < -0.3 is 14.7 Å². The zero-order valence-electron chi connectivity index (χ0n) is 14.9. The maximum Gasteiger partial charge on any atom is 0.228 e. The molecule has 138 valence electrons. The van der Waals surface area contributed by atoms with Crippen LogP contribution in [0.3, 0.4) is 0 Å².